The van der Waals surface area contributed by atoms with Gasteiger partial charge in [-0.3, -0.25) is 18.5 Å². The Balaban J connectivity index is 1.62. The van der Waals surface area contributed by atoms with Crippen LogP contribution in [0.4, 0.5) is 5.69 Å². The molecule has 0 saturated heterocycles. The van der Waals surface area contributed by atoms with Crippen molar-refractivity contribution in [2.75, 3.05) is 16.6 Å². The largest absolute Gasteiger partial charge is 0.292 e. The molecule has 0 bridgehead atoms. The zero-order valence-electron chi connectivity index (χ0n) is 15.3. The first-order valence-electron chi connectivity index (χ1n) is 9.01. The van der Waals surface area contributed by atoms with Crippen LogP contribution in [0.1, 0.15) is 22.8 Å². The van der Waals surface area contributed by atoms with Gasteiger partial charge >= 0.3 is 0 Å². The van der Waals surface area contributed by atoms with Crippen LogP contribution in [0.2, 0.25) is 0 Å². The van der Waals surface area contributed by atoms with Gasteiger partial charge in [0.2, 0.25) is 10.0 Å². The van der Waals surface area contributed by atoms with Gasteiger partial charge in [-0.05, 0) is 49.2 Å². The molecule has 1 aliphatic rings. The van der Waals surface area contributed by atoms with Crippen LogP contribution in [-0.2, 0) is 23.0 Å². The monoisotopic (exact) mass is 397 g/mol. The molecule has 0 saturated carbocycles. The Morgan fingerprint density at radius 1 is 1.18 bits per heavy atom. The van der Waals surface area contributed by atoms with Crippen LogP contribution in [-0.4, -0.2) is 36.0 Å². The van der Waals surface area contributed by atoms with Gasteiger partial charge in [0.15, 0.2) is 5.78 Å². The summed E-state index contributed by atoms with van der Waals surface area (Å²) in [6.45, 7) is 1.88. The van der Waals surface area contributed by atoms with Crippen molar-refractivity contribution in [3.8, 4) is 0 Å². The van der Waals surface area contributed by atoms with E-state index in [-0.39, 0.29) is 23.6 Å². The Labute approximate surface area is 162 Å². The Bertz CT molecular complexity index is 1250. The van der Waals surface area contributed by atoms with Crippen molar-refractivity contribution in [3.63, 3.8) is 0 Å². The van der Waals surface area contributed by atoms with Gasteiger partial charge in [-0.2, -0.15) is 0 Å². The molecule has 1 aliphatic heterocycles. The lowest BCUT2D eigenvalue weighted by molar-refractivity contribution is 0.0970. The predicted molar refractivity (Wildman–Crippen MR) is 107 cm³/mol. The first kappa shape index (κ1) is 18.4. The lowest BCUT2D eigenvalue weighted by Gasteiger charge is -2.18. The number of aromatic nitrogens is 2. The van der Waals surface area contributed by atoms with Crippen LogP contribution >= 0.6 is 0 Å². The third kappa shape index (κ3) is 3.09. The molecule has 28 heavy (non-hydrogen) atoms. The Morgan fingerprint density at radius 3 is 2.75 bits per heavy atom. The van der Waals surface area contributed by atoms with Crippen LogP contribution in [0.25, 0.3) is 10.9 Å². The molecule has 2 heterocycles. The molecule has 0 amide bonds. The summed E-state index contributed by atoms with van der Waals surface area (Å²) in [4.78, 5) is 29.5. The number of benzene rings is 2. The number of Topliss-reactive ketones (excluding diaryl/α,β-unsaturated/α-hetero) is 1. The van der Waals surface area contributed by atoms with E-state index in [0.29, 0.717) is 35.1 Å². The minimum atomic E-state index is -3.32. The van der Waals surface area contributed by atoms with Crippen LogP contribution in [0.15, 0.2) is 53.6 Å². The second-order valence-corrected chi connectivity index (χ2v) is 8.87. The van der Waals surface area contributed by atoms with E-state index in [0.717, 1.165) is 5.56 Å². The second-order valence-electron chi connectivity index (χ2n) is 6.68. The van der Waals surface area contributed by atoms with Crippen molar-refractivity contribution in [1.82, 2.24) is 9.55 Å². The topological polar surface area (TPSA) is 89.3 Å². The van der Waals surface area contributed by atoms with Gasteiger partial charge in [0.1, 0.15) is 0 Å². The third-order valence-corrected chi connectivity index (χ3v) is 6.78. The number of hydrogen-bond acceptors (Lipinski definition) is 5. The molecule has 0 radical (unpaired) electrons. The van der Waals surface area contributed by atoms with Crippen molar-refractivity contribution < 1.29 is 13.2 Å². The standard InChI is InChI=1S/C20H19N3O4S/c1-2-28(26,27)23-10-9-14-11-15(7-8-18(14)23)19(24)12-22-13-21-17-6-4-3-5-16(17)20(22)25/h3-8,11,13H,2,9-10,12H2,1H3. The zero-order valence-corrected chi connectivity index (χ0v) is 16.1. The SMILES string of the molecule is CCS(=O)(=O)N1CCc2cc(C(=O)Cn3cnc4ccccc4c3=O)ccc21. The maximum Gasteiger partial charge on any atom is 0.261 e. The average Bonchev–Trinajstić information content (AvgIpc) is 3.14. The molecule has 144 valence electrons. The highest BCUT2D eigenvalue weighted by atomic mass is 32.2. The minimum absolute atomic E-state index is 0.0327. The van der Waals surface area contributed by atoms with E-state index in [2.05, 4.69) is 4.98 Å². The van der Waals surface area contributed by atoms with Gasteiger partial charge < -0.3 is 0 Å². The van der Waals surface area contributed by atoms with E-state index in [4.69, 9.17) is 0 Å². The van der Waals surface area contributed by atoms with Crippen LogP contribution in [0.5, 0.6) is 0 Å². The van der Waals surface area contributed by atoms with Crippen LogP contribution in [0, 0.1) is 0 Å². The van der Waals surface area contributed by atoms with Gasteiger partial charge in [0.25, 0.3) is 5.56 Å². The summed E-state index contributed by atoms with van der Waals surface area (Å²) >= 11 is 0. The van der Waals surface area contributed by atoms with Crippen LogP contribution < -0.4 is 9.86 Å². The van der Waals surface area contributed by atoms with Crippen LogP contribution in [0.3, 0.4) is 0 Å². The van der Waals surface area contributed by atoms with E-state index < -0.39 is 10.0 Å². The number of sulfonamides is 1. The number of carbonyl (C=O) groups excluding carboxylic acids is 1. The number of fused-ring (bicyclic) bond motifs is 2. The molecule has 0 spiro atoms. The van der Waals surface area contributed by atoms with Gasteiger partial charge in [0, 0.05) is 12.1 Å². The summed E-state index contributed by atoms with van der Waals surface area (Å²) in [5.41, 5.74) is 2.23. The molecule has 0 N–H and O–H groups in total. The van der Waals surface area contributed by atoms with E-state index in [9.17, 15) is 18.0 Å². The van der Waals surface area contributed by atoms with Crippen molar-refractivity contribution in [1.29, 1.82) is 0 Å². The lowest BCUT2D eigenvalue weighted by Crippen LogP contribution is -2.30. The van der Waals surface area contributed by atoms with Crippen molar-refractivity contribution in [3.05, 3.63) is 70.3 Å². The second kappa shape index (κ2) is 6.87. The molecule has 0 fully saturated rings. The Hall–Kier alpha value is -3.00. The normalized spacial score (nSPS) is 13.7. The van der Waals surface area contributed by atoms with Crippen molar-refractivity contribution in [2.24, 2.45) is 0 Å². The fraction of sp³-hybridized carbons (Fsp3) is 0.250. The summed E-state index contributed by atoms with van der Waals surface area (Å²) in [7, 11) is -3.32. The lowest BCUT2D eigenvalue weighted by atomic mass is 10.1. The first-order chi connectivity index (χ1) is 13.4. The van der Waals surface area contributed by atoms with Gasteiger partial charge in [-0.1, -0.05) is 12.1 Å². The molecular weight excluding hydrogens is 378 g/mol. The molecule has 0 aliphatic carbocycles. The van der Waals surface area contributed by atoms with E-state index in [1.807, 2.05) is 0 Å². The maximum absolute atomic E-state index is 12.7. The molecular formula is C20H19N3O4S. The van der Waals surface area contributed by atoms with Crippen molar-refractivity contribution >= 4 is 32.4 Å². The quantitative estimate of drug-likeness (QED) is 0.614. The molecule has 1 aromatic heterocycles. The number of anilines is 1. The molecule has 7 nitrogen and oxygen atoms in total. The minimum Gasteiger partial charge on any atom is -0.292 e. The number of carbonyl (C=O) groups is 1. The number of para-hydroxylation sites is 1. The summed E-state index contributed by atoms with van der Waals surface area (Å²) in [6, 6.07) is 12.0. The molecule has 0 atom stereocenters. The summed E-state index contributed by atoms with van der Waals surface area (Å²) in [6.07, 6.45) is 1.94. The molecule has 0 unspecified atom stereocenters. The predicted octanol–water partition coefficient (Wildman–Crippen LogP) is 1.99. The number of hydrogen-bond donors (Lipinski definition) is 0. The van der Waals surface area contributed by atoms with E-state index in [1.165, 1.54) is 15.2 Å². The number of ketones is 1. The fourth-order valence-electron chi connectivity index (χ4n) is 3.45. The zero-order chi connectivity index (χ0) is 19.9. The fourth-order valence-corrected chi connectivity index (χ4v) is 4.61. The Morgan fingerprint density at radius 2 is 1.96 bits per heavy atom. The Kier molecular flexibility index (Phi) is 4.50. The summed E-state index contributed by atoms with van der Waals surface area (Å²) in [5, 5.41) is 0.465. The summed E-state index contributed by atoms with van der Waals surface area (Å²) < 4.78 is 27.1. The van der Waals surface area contributed by atoms with Gasteiger partial charge in [-0.25, -0.2) is 13.4 Å². The van der Waals surface area contributed by atoms with Gasteiger partial charge in [0.05, 0.1) is 35.2 Å². The highest BCUT2D eigenvalue weighted by molar-refractivity contribution is 7.92. The molecule has 2 aromatic carbocycles. The highest BCUT2D eigenvalue weighted by Gasteiger charge is 2.28. The van der Waals surface area contributed by atoms with E-state index in [1.54, 1.807) is 49.4 Å². The first-order valence-corrected chi connectivity index (χ1v) is 10.6. The highest BCUT2D eigenvalue weighted by Crippen LogP contribution is 2.31. The van der Waals surface area contributed by atoms with E-state index >= 15 is 0 Å². The number of rotatable bonds is 5. The van der Waals surface area contributed by atoms with Gasteiger partial charge in [-0.15, -0.1) is 0 Å². The maximum atomic E-state index is 12.7. The molecule has 8 heteroatoms. The molecule has 3 aromatic rings. The number of nitrogens with zero attached hydrogens (tertiary/aromatic N) is 3. The average molecular weight is 397 g/mol. The smallest absolute Gasteiger partial charge is 0.261 e. The third-order valence-electron chi connectivity index (χ3n) is 5.00. The summed E-state index contributed by atoms with van der Waals surface area (Å²) in [5.74, 6) is -0.191. The van der Waals surface area contributed by atoms with Crippen molar-refractivity contribution in [2.45, 2.75) is 19.9 Å². The molecule has 4 rings (SSSR count).